The van der Waals surface area contributed by atoms with E-state index in [-0.39, 0.29) is 17.6 Å². The SMILES string of the molecule is COc1ccc(C2CC(=O)c3c(SCc4ccccc4)sc(C(=O)N4CCN(C)CC4)c3C2)cc1. The number of methoxy groups -OCH3 is 1. The molecule has 2 aliphatic rings. The predicted octanol–water partition coefficient (Wildman–Crippen LogP) is 5.35. The molecule has 3 aromatic rings. The molecular weight excluding hydrogens is 476 g/mol. The van der Waals surface area contributed by atoms with Crippen molar-refractivity contribution in [3.05, 3.63) is 81.7 Å². The Morgan fingerprint density at radius 1 is 1.03 bits per heavy atom. The Labute approximate surface area is 215 Å². The molecule has 35 heavy (non-hydrogen) atoms. The Morgan fingerprint density at radius 2 is 1.74 bits per heavy atom. The van der Waals surface area contributed by atoms with Crippen molar-refractivity contribution in [1.29, 1.82) is 0 Å². The second kappa shape index (κ2) is 10.6. The molecule has 1 fully saturated rings. The molecule has 0 saturated carbocycles. The first-order chi connectivity index (χ1) is 17.0. The van der Waals surface area contributed by atoms with E-state index in [2.05, 4.69) is 24.1 Å². The van der Waals surface area contributed by atoms with Gasteiger partial charge >= 0.3 is 0 Å². The average molecular weight is 507 g/mol. The number of likely N-dealkylation sites (N-methyl/N-ethyl adjacent to an activating group) is 1. The summed E-state index contributed by atoms with van der Waals surface area (Å²) in [5.41, 5.74) is 4.07. The number of hydrogen-bond donors (Lipinski definition) is 0. The van der Waals surface area contributed by atoms with E-state index in [1.807, 2.05) is 47.4 Å². The van der Waals surface area contributed by atoms with Gasteiger partial charge in [-0.3, -0.25) is 9.59 Å². The number of nitrogens with zero attached hydrogens (tertiary/aromatic N) is 2. The van der Waals surface area contributed by atoms with E-state index in [0.717, 1.165) is 63.5 Å². The number of fused-ring (bicyclic) bond motifs is 1. The Bertz CT molecular complexity index is 1200. The second-order valence-electron chi connectivity index (χ2n) is 9.24. The lowest BCUT2D eigenvalue weighted by Crippen LogP contribution is -2.47. The predicted molar refractivity (Wildman–Crippen MR) is 142 cm³/mol. The molecule has 182 valence electrons. The zero-order valence-electron chi connectivity index (χ0n) is 20.2. The molecule has 1 saturated heterocycles. The number of piperazine rings is 1. The van der Waals surface area contributed by atoms with Crippen LogP contribution < -0.4 is 4.74 Å². The molecule has 1 aromatic heterocycles. The van der Waals surface area contributed by atoms with Gasteiger partial charge in [-0.05, 0) is 48.2 Å². The fourth-order valence-corrected chi connectivity index (χ4v) is 7.41. The van der Waals surface area contributed by atoms with Crippen LogP contribution in [-0.2, 0) is 12.2 Å². The van der Waals surface area contributed by atoms with Crippen molar-refractivity contribution in [3.8, 4) is 5.75 Å². The smallest absolute Gasteiger partial charge is 0.264 e. The van der Waals surface area contributed by atoms with Crippen LogP contribution in [0, 0.1) is 0 Å². The molecule has 2 aromatic carbocycles. The molecule has 1 aliphatic carbocycles. The maximum Gasteiger partial charge on any atom is 0.264 e. The van der Waals surface area contributed by atoms with Gasteiger partial charge in [-0.25, -0.2) is 0 Å². The lowest BCUT2D eigenvalue weighted by atomic mass is 9.80. The lowest BCUT2D eigenvalue weighted by Gasteiger charge is -2.32. The number of amides is 1. The van der Waals surface area contributed by atoms with E-state index in [1.54, 1.807) is 18.9 Å². The number of benzene rings is 2. The zero-order valence-corrected chi connectivity index (χ0v) is 21.8. The Morgan fingerprint density at radius 3 is 2.43 bits per heavy atom. The first-order valence-corrected chi connectivity index (χ1v) is 13.8. The second-order valence-corrected chi connectivity index (χ2v) is 11.5. The number of Topliss-reactive ketones (excluding diaryl/α,β-unsaturated/α-hetero) is 1. The van der Waals surface area contributed by atoms with Gasteiger partial charge in [-0.2, -0.15) is 0 Å². The van der Waals surface area contributed by atoms with Crippen LogP contribution >= 0.6 is 23.1 Å². The Kier molecular flexibility index (Phi) is 7.27. The number of rotatable bonds is 6. The monoisotopic (exact) mass is 506 g/mol. The highest BCUT2D eigenvalue weighted by Gasteiger charge is 2.36. The number of carbonyl (C=O) groups excluding carboxylic acids is 2. The van der Waals surface area contributed by atoms with Crippen LogP contribution in [0.4, 0.5) is 0 Å². The quantitative estimate of drug-likeness (QED) is 0.422. The highest BCUT2D eigenvalue weighted by atomic mass is 32.2. The molecule has 1 amide bonds. The average Bonchev–Trinajstić information content (AvgIpc) is 3.27. The summed E-state index contributed by atoms with van der Waals surface area (Å²) >= 11 is 3.20. The normalized spacial score (nSPS) is 18.4. The van der Waals surface area contributed by atoms with E-state index in [0.29, 0.717) is 12.8 Å². The lowest BCUT2D eigenvalue weighted by molar-refractivity contribution is 0.0668. The van der Waals surface area contributed by atoms with E-state index in [4.69, 9.17) is 4.74 Å². The summed E-state index contributed by atoms with van der Waals surface area (Å²) < 4.78 is 6.29. The fraction of sp³-hybridized carbons (Fsp3) is 0.357. The van der Waals surface area contributed by atoms with Gasteiger partial charge in [0.1, 0.15) is 5.75 Å². The van der Waals surface area contributed by atoms with E-state index >= 15 is 0 Å². The van der Waals surface area contributed by atoms with Gasteiger partial charge in [0.15, 0.2) is 5.78 Å². The van der Waals surface area contributed by atoms with Crippen LogP contribution in [0.1, 0.15) is 49.1 Å². The minimum atomic E-state index is 0.0709. The van der Waals surface area contributed by atoms with Gasteiger partial charge in [-0.15, -0.1) is 23.1 Å². The maximum atomic E-state index is 13.7. The summed E-state index contributed by atoms with van der Waals surface area (Å²) in [6.45, 7) is 3.21. The molecule has 0 spiro atoms. The summed E-state index contributed by atoms with van der Waals surface area (Å²) in [4.78, 5) is 32.2. The van der Waals surface area contributed by atoms with Crippen molar-refractivity contribution >= 4 is 34.8 Å². The third-order valence-electron chi connectivity index (χ3n) is 6.92. The number of ether oxygens (including phenoxy) is 1. The van der Waals surface area contributed by atoms with Gasteiger partial charge in [-0.1, -0.05) is 42.5 Å². The van der Waals surface area contributed by atoms with Crippen molar-refractivity contribution < 1.29 is 14.3 Å². The molecule has 5 nitrogen and oxygen atoms in total. The molecule has 1 aliphatic heterocycles. The van der Waals surface area contributed by atoms with E-state index in [1.165, 1.54) is 16.9 Å². The first kappa shape index (κ1) is 24.1. The standard InChI is InChI=1S/C28H30N2O3S2/c1-29-12-14-30(15-13-29)27(32)26-23-16-21(20-8-10-22(33-2)11-9-20)17-24(31)25(23)28(35-26)34-18-19-6-4-3-5-7-19/h3-11,21H,12-18H2,1-2H3. The number of thiophene rings is 1. The van der Waals surface area contributed by atoms with Crippen molar-refractivity contribution in [3.63, 3.8) is 0 Å². The summed E-state index contributed by atoms with van der Waals surface area (Å²) in [5, 5.41) is 0. The van der Waals surface area contributed by atoms with Gasteiger partial charge < -0.3 is 14.5 Å². The van der Waals surface area contributed by atoms with Gasteiger partial charge in [0.25, 0.3) is 5.91 Å². The highest BCUT2D eigenvalue weighted by Crippen LogP contribution is 2.45. The van der Waals surface area contributed by atoms with Gasteiger partial charge in [0.05, 0.1) is 16.2 Å². The molecule has 1 unspecified atom stereocenters. The third kappa shape index (κ3) is 5.17. The summed E-state index contributed by atoms with van der Waals surface area (Å²) in [5.74, 6) is 1.88. The minimum absolute atomic E-state index is 0.0709. The maximum absolute atomic E-state index is 13.7. The fourth-order valence-electron chi connectivity index (χ4n) is 4.83. The molecule has 5 rings (SSSR count). The van der Waals surface area contributed by atoms with E-state index in [9.17, 15) is 9.59 Å². The third-order valence-corrected chi connectivity index (χ3v) is 9.48. The topological polar surface area (TPSA) is 49.9 Å². The van der Waals surface area contributed by atoms with E-state index < -0.39 is 0 Å². The largest absolute Gasteiger partial charge is 0.497 e. The van der Waals surface area contributed by atoms with Crippen LogP contribution in [0.2, 0.25) is 0 Å². The molecular formula is C28H30N2O3S2. The molecule has 0 bridgehead atoms. The van der Waals surface area contributed by atoms with Crippen molar-refractivity contribution in [2.45, 2.75) is 28.7 Å². The van der Waals surface area contributed by atoms with Crippen LogP contribution in [0.3, 0.4) is 0 Å². The molecule has 2 heterocycles. The van der Waals surface area contributed by atoms with Crippen LogP contribution in [0.5, 0.6) is 5.75 Å². The molecule has 0 radical (unpaired) electrons. The molecule has 1 atom stereocenters. The molecule has 7 heteroatoms. The summed E-state index contributed by atoms with van der Waals surface area (Å²) in [7, 11) is 3.74. The number of hydrogen-bond acceptors (Lipinski definition) is 6. The van der Waals surface area contributed by atoms with Crippen molar-refractivity contribution in [1.82, 2.24) is 9.80 Å². The van der Waals surface area contributed by atoms with Gasteiger partial charge in [0.2, 0.25) is 0 Å². The van der Waals surface area contributed by atoms with Crippen LogP contribution in [0.15, 0.2) is 58.8 Å². The number of thioether (sulfide) groups is 1. The summed E-state index contributed by atoms with van der Waals surface area (Å²) in [6, 6.07) is 18.3. The summed E-state index contributed by atoms with van der Waals surface area (Å²) in [6.07, 6.45) is 1.18. The van der Waals surface area contributed by atoms with Crippen molar-refractivity contribution in [2.75, 3.05) is 40.3 Å². The number of ketones is 1. The minimum Gasteiger partial charge on any atom is -0.497 e. The molecule has 0 N–H and O–H groups in total. The van der Waals surface area contributed by atoms with Crippen LogP contribution in [0.25, 0.3) is 0 Å². The Hall–Kier alpha value is -2.61. The van der Waals surface area contributed by atoms with Crippen molar-refractivity contribution in [2.24, 2.45) is 0 Å². The zero-order chi connectivity index (χ0) is 24.4. The highest BCUT2D eigenvalue weighted by molar-refractivity contribution is 8.00. The first-order valence-electron chi connectivity index (χ1n) is 12.0. The van der Waals surface area contributed by atoms with Crippen LogP contribution in [-0.4, -0.2) is 61.8 Å². The Balaban J connectivity index is 1.47. The number of carbonyl (C=O) groups is 2. The van der Waals surface area contributed by atoms with Gasteiger partial charge in [0, 0.05) is 43.9 Å².